The monoisotopic (exact) mass is 232 g/mol. The van der Waals surface area contributed by atoms with Crippen molar-refractivity contribution in [3.63, 3.8) is 0 Å². The summed E-state index contributed by atoms with van der Waals surface area (Å²) >= 11 is 4.96. The Balaban J connectivity index is 2.46. The number of para-hydroxylation sites is 1. The molecule has 2 rings (SSSR count). The zero-order valence-electron chi connectivity index (χ0n) is 8.93. The summed E-state index contributed by atoms with van der Waals surface area (Å²) in [6.45, 7) is 2.60. The molecule has 0 saturated heterocycles. The minimum absolute atomic E-state index is 0.623. The predicted molar refractivity (Wildman–Crippen MR) is 66.0 cm³/mol. The molecule has 3 nitrogen and oxygen atoms in total. The van der Waals surface area contributed by atoms with Gasteiger partial charge in [-0.15, -0.1) is 0 Å². The normalized spacial score (nSPS) is 10.1. The van der Waals surface area contributed by atoms with E-state index in [1.165, 1.54) is 0 Å². The topological polar surface area (TPSA) is 37.9 Å². The van der Waals surface area contributed by atoms with Crippen molar-refractivity contribution in [1.82, 2.24) is 10.2 Å². The van der Waals surface area contributed by atoms with Crippen LogP contribution < -0.4 is 4.74 Å². The van der Waals surface area contributed by atoms with Gasteiger partial charge in [-0.2, -0.15) is 5.10 Å². The van der Waals surface area contributed by atoms with E-state index >= 15 is 0 Å². The maximum atomic E-state index is 5.54. The van der Waals surface area contributed by atoms with E-state index in [4.69, 9.17) is 17.0 Å². The first kappa shape index (κ1) is 10.8. The van der Waals surface area contributed by atoms with E-state index in [2.05, 4.69) is 10.2 Å². The second kappa shape index (κ2) is 4.90. The molecule has 0 atom stereocenters. The minimum Gasteiger partial charge on any atom is -0.493 e. The Morgan fingerprint density at radius 1 is 1.25 bits per heavy atom. The van der Waals surface area contributed by atoms with Crippen molar-refractivity contribution in [2.45, 2.75) is 6.92 Å². The molecular weight excluding hydrogens is 220 g/mol. The summed E-state index contributed by atoms with van der Waals surface area (Å²) in [6, 6.07) is 11.5. The van der Waals surface area contributed by atoms with Crippen LogP contribution in [0.3, 0.4) is 0 Å². The lowest BCUT2D eigenvalue weighted by Gasteiger charge is -2.08. The van der Waals surface area contributed by atoms with Gasteiger partial charge < -0.3 is 4.74 Å². The van der Waals surface area contributed by atoms with Crippen LogP contribution in [-0.2, 0) is 0 Å². The molecule has 0 aliphatic rings. The van der Waals surface area contributed by atoms with E-state index in [9.17, 15) is 0 Å². The Morgan fingerprint density at radius 3 is 2.75 bits per heavy atom. The smallest absolute Gasteiger partial charge is 0.128 e. The average Bonchev–Trinajstić information content (AvgIpc) is 2.32. The van der Waals surface area contributed by atoms with Crippen LogP contribution in [0.2, 0.25) is 0 Å². The highest BCUT2D eigenvalue weighted by molar-refractivity contribution is 7.71. The molecular formula is C12H12N2OS. The van der Waals surface area contributed by atoms with Gasteiger partial charge in [0.2, 0.25) is 0 Å². The van der Waals surface area contributed by atoms with Crippen LogP contribution in [0.1, 0.15) is 6.92 Å². The summed E-state index contributed by atoms with van der Waals surface area (Å²) < 4.78 is 6.16. The fourth-order valence-electron chi connectivity index (χ4n) is 1.45. The largest absolute Gasteiger partial charge is 0.493 e. The van der Waals surface area contributed by atoms with Crippen molar-refractivity contribution in [3.8, 4) is 17.0 Å². The highest BCUT2D eigenvalue weighted by Gasteiger charge is 2.05. The number of aromatic amines is 1. The quantitative estimate of drug-likeness (QED) is 0.826. The molecule has 4 heteroatoms. The van der Waals surface area contributed by atoms with Crippen molar-refractivity contribution >= 4 is 12.2 Å². The summed E-state index contributed by atoms with van der Waals surface area (Å²) in [5.41, 5.74) is 1.80. The maximum Gasteiger partial charge on any atom is 0.128 e. The van der Waals surface area contributed by atoms with Gasteiger partial charge in [-0.1, -0.05) is 24.4 Å². The molecule has 0 aliphatic heterocycles. The summed E-state index contributed by atoms with van der Waals surface area (Å²) in [5, 5.41) is 6.96. The zero-order valence-corrected chi connectivity index (χ0v) is 9.75. The molecule has 1 aromatic heterocycles. The van der Waals surface area contributed by atoms with Crippen LogP contribution in [0.25, 0.3) is 11.3 Å². The fourth-order valence-corrected chi connectivity index (χ4v) is 1.57. The Labute approximate surface area is 99.1 Å². The van der Waals surface area contributed by atoms with E-state index in [0.29, 0.717) is 11.2 Å². The summed E-state index contributed by atoms with van der Waals surface area (Å²) in [7, 11) is 0. The third-order valence-corrected chi connectivity index (χ3v) is 2.37. The van der Waals surface area contributed by atoms with E-state index in [1.807, 2.05) is 43.3 Å². The fraction of sp³-hybridized carbons (Fsp3) is 0.167. The van der Waals surface area contributed by atoms with Gasteiger partial charge in [-0.05, 0) is 31.2 Å². The van der Waals surface area contributed by atoms with Gasteiger partial charge in [-0.25, -0.2) is 0 Å². The maximum absolute atomic E-state index is 5.54. The van der Waals surface area contributed by atoms with Gasteiger partial charge in [0.1, 0.15) is 10.4 Å². The standard InChI is InChI=1S/C12H12N2OS/c1-2-15-11-6-4-3-5-9(11)10-7-8-12(16)14-13-10/h3-8H,2H2,1H3,(H,14,16). The van der Waals surface area contributed by atoms with E-state index in [-0.39, 0.29) is 0 Å². The van der Waals surface area contributed by atoms with Crippen molar-refractivity contribution in [2.24, 2.45) is 0 Å². The first-order valence-corrected chi connectivity index (χ1v) is 5.50. The molecule has 16 heavy (non-hydrogen) atoms. The number of rotatable bonds is 3. The van der Waals surface area contributed by atoms with Crippen LogP contribution in [-0.4, -0.2) is 16.8 Å². The Morgan fingerprint density at radius 2 is 2.06 bits per heavy atom. The molecule has 0 spiro atoms. The molecule has 1 aromatic carbocycles. The van der Waals surface area contributed by atoms with E-state index in [0.717, 1.165) is 17.0 Å². The summed E-state index contributed by atoms with van der Waals surface area (Å²) in [5.74, 6) is 0.836. The van der Waals surface area contributed by atoms with Crippen LogP contribution in [0.4, 0.5) is 0 Å². The molecule has 2 aromatic rings. The molecule has 0 amide bonds. The molecule has 0 bridgehead atoms. The van der Waals surface area contributed by atoms with E-state index in [1.54, 1.807) is 0 Å². The minimum atomic E-state index is 0.623. The molecule has 0 unspecified atom stereocenters. The number of hydrogen-bond donors (Lipinski definition) is 1. The van der Waals surface area contributed by atoms with E-state index < -0.39 is 0 Å². The van der Waals surface area contributed by atoms with Crippen molar-refractivity contribution in [1.29, 1.82) is 0 Å². The van der Waals surface area contributed by atoms with Gasteiger partial charge in [0.05, 0.1) is 12.3 Å². The van der Waals surface area contributed by atoms with Crippen LogP contribution >= 0.6 is 12.2 Å². The lowest BCUT2D eigenvalue weighted by Crippen LogP contribution is -1.95. The average molecular weight is 232 g/mol. The molecule has 82 valence electrons. The first-order chi connectivity index (χ1) is 7.81. The highest BCUT2D eigenvalue weighted by Crippen LogP contribution is 2.27. The Bertz CT molecular complexity index is 516. The van der Waals surface area contributed by atoms with Crippen LogP contribution in [0.15, 0.2) is 36.4 Å². The second-order valence-electron chi connectivity index (χ2n) is 3.24. The third kappa shape index (κ3) is 2.28. The summed E-state index contributed by atoms with van der Waals surface area (Å²) in [4.78, 5) is 0. The van der Waals surface area contributed by atoms with Crippen molar-refractivity contribution < 1.29 is 4.74 Å². The molecule has 1 N–H and O–H groups in total. The van der Waals surface area contributed by atoms with Gasteiger partial charge >= 0.3 is 0 Å². The molecule has 0 fully saturated rings. The lowest BCUT2D eigenvalue weighted by molar-refractivity contribution is 0.341. The predicted octanol–water partition coefficient (Wildman–Crippen LogP) is 3.20. The second-order valence-corrected chi connectivity index (χ2v) is 3.68. The Kier molecular flexibility index (Phi) is 3.31. The SMILES string of the molecule is CCOc1ccccc1-c1ccc(=S)[nH]n1. The number of H-pyrrole nitrogens is 1. The number of hydrogen-bond acceptors (Lipinski definition) is 3. The highest BCUT2D eigenvalue weighted by atomic mass is 32.1. The summed E-state index contributed by atoms with van der Waals surface area (Å²) in [6.07, 6.45) is 0. The number of nitrogens with zero attached hydrogens (tertiary/aromatic N) is 1. The molecule has 1 heterocycles. The van der Waals surface area contributed by atoms with Crippen LogP contribution in [0, 0.1) is 4.64 Å². The first-order valence-electron chi connectivity index (χ1n) is 5.09. The van der Waals surface area contributed by atoms with Gasteiger partial charge in [0.15, 0.2) is 0 Å². The van der Waals surface area contributed by atoms with Gasteiger partial charge in [-0.3, -0.25) is 5.10 Å². The number of ether oxygens (including phenoxy) is 1. The van der Waals surface area contributed by atoms with Crippen molar-refractivity contribution in [3.05, 3.63) is 41.0 Å². The molecule has 0 saturated carbocycles. The third-order valence-electron chi connectivity index (χ3n) is 2.14. The number of nitrogens with one attached hydrogen (secondary N) is 1. The van der Waals surface area contributed by atoms with Gasteiger partial charge in [0, 0.05) is 5.56 Å². The number of benzene rings is 1. The van der Waals surface area contributed by atoms with Gasteiger partial charge in [0.25, 0.3) is 0 Å². The lowest BCUT2D eigenvalue weighted by atomic mass is 10.1. The number of aromatic nitrogens is 2. The molecule has 0 radical (unpaired) electrons. The van der Waals surface area contributed by atoms with Crippen molar-refractivity contribution in [2.75, 3.05) is 6.61 Å². The zero-order chi connectivity index (χ0) is 11.4. The van der Waals surface area contributed by atoms with Crippen LogP contribution in [0.5, 0.6) is 5.75 Å². The molecule has 0 aliphatic carbocycles. The Hall–Kier alpha value is -1.68.